The van der Waals surface area contributed by atoms with E-state index in [9.17, 15) is 9.59 Å². The zero-order valence-electron chi connectivity index (χ0n) is 16.6. The van der Waals surface area contributed by atoms with E-state index in [-0.39, 0.29) is 23.6 Å². The smallest absolute Gasteiger partial charge is 0.267 e. The van der Waals surface area contributed by atoms with Crippen LogP contribution in [0.5, 0.6) is 0 Å². The van der Waals surface area contributed by atoms with E-state index in [0.717, 1.165) is 30.6 Å². The molecule has 2 aromatic carbocycles. The minimum absolute atomic E-state index is 0.0351. The Hall–Kier alpha value is -3.18. The Morgan fingerprint density at radius 1 is 1.10 bits per heavy atom. The third-order valence-corrected chi connectivity index (χ3v) is 4.67. The maximum atomic E-state index is 12.7. The first-order valence-electron chi connectivity index (χ1n) is 9.83. The molecule has 0 unspecified atom stereocenters. The van der Waals surface area contributed by atoms with Crippen molar-refractivity contribution in [3.8, 4) is 0 Å². The second-order valence-corrected chi connectivity index (χ2v) is 7.02. The molecule has 1 heterocycles. The standard InChI is InChI=1S/C24H26N2O3/c1-18-12-14-20(15-13-18)23(27)26-22(11-5-9-19-7-3-2-4-8-19)24(28)25-17-21-10-6-16-29-21/h2-5,7-9,11-15,21H,6,10,16-17H2,1H3,(H,25,28)(H,26,27)/b9-5+,22-11-/t21-/m1/s1. The molecule has 1 fully saturated rings. The summed E-state index contributed by atoms with van der Waals surface area (Å²) in [4.78, 5) is 25.3. The van der Waals surface area contributed by atoms with E-state index in [2.05, 4.69) is 10.6 Å². The van der Waals surface area contributed by atoms with Gasteiger partial charge in [-0.2, -0.15) is 0 Å². The topological polar surface area (TPSA) is 67.4 Å². The molecule has 3 rings (SSSR count). The van der Waals surface area contributed by atoms with Gasteiger partial charge in [0.25, 0.3) is 11.8 Å². The Morgan fingerprint density at radius 3 is 2.55 bits per heavy atom. The predicted octanol–water partition coefficient (Wildman–Crippen LogP) is 3.62. The molecule has 0 aromatic heterocycles. The highest BCUT2D eigenvalue weighted by molar-refractivity contribution is 6.03. The Kier molecular flexibility index (Phi) is 7.36. The highest BCUT2D eigenvalue weighted by Gasteiger charge is 2.18. The summed E-state index contributed by atoms with van der Waals surface area (Å²) in [6, 6.07) is 17.0. The summed E-state index contributed by atoms with van der Waals surface area (Å²) in [5.74, 6) is -0.657. The minimum Gasteiger partial charge on any atom is -0.376 e. The van der Waals surface area contributed by atoms with Crippen LogP contribution in [-0.2, 0) is 9.53 Å². The third kappa shape index (κ3) is 6.43. The number of aryl methyl sites for hydroxylation is 1. The van der Waals surface area contributed by atoms with Gasteiger partial charge in [-0.25, -0.2) is 0 Å². The average molecular weight is 390 g/mol. The van der Waals surface area contributed by atoms with E-state index in [1.807, 2.05) is 55.5 Å². The molecule has 0 spiro atoms. The minimum atomic E-state index is -0.335. The quantitative estimate of drug-likeness (QED) is 0.561. The van der Waals surface area contributed by atoms with Crippen LogP contribution in [0.1, 0.15) is 34.3 Å². The lowest BCUT2D eigenvalue weighted by Gasteiger charge is -2.13. The number of hydrogen-bond acceptors (Lipinski definition) is 3. The molecule has 0 aliphatic carbocycles. The van der Waals surface area contributed by atoms with Crippen molar-refractivity contribution in [2.75, 3.05) is 13.2 Å². The van der Waals surface area contributed by atoms with Crippen molar-refractivity contribution < 1.29 is 14.3 Å². The lowest BCUT2D eigenvalue weighted by atomic mass is 10.1. The first kappa shape index (κ1) is 20.6. The van der Waals surface area contributed by atoms with Gasteiger partial charge in [-0.05, 0) is 43.5 Å². The third-order valence-electron chi connectivity index (χ3n) is 4.67. The van der Waals surface area contributed by atoms with Crippen molar-refractivity contribution in [3.05, 3.63) is 89.1 Å². The van der Waals surface area contributed by atoms with Gasteiger partial charge in [-0.1, -0.05) is 60.2 Å². The van der Waals surface area contributed by atoms with E-state index >= 15 is 0 Å². The largest absolute Gasteiger partial charge is 0.376 e. The Labute approximate surface area is 171 Å². The molecule has 2 amide bonds. The van der Waals surface area contributed by atoms with Crippen LogP contribution in [0, 0.1) is 6.92 Å². The van der Waals surface area contributed by atoms with Crippen LogP contribution in [0.4, 0.5) is 0 Å². The van der Waals surface area contributed by atoms with Gasteiger partial charge >= 0.3 is 0 Å². The van der Waals surface area contributed by atoms with Crippen molar-refractivity contribution in [1.29, 1.82) is 0 Å². The molecule has 1 saturated heterocycles. The van der Waals surface area contributed by atoms with E-state index in [0.29, 0.717) is 12.1 Å². The number of carbonyl (C=O) groups excluding carboxylic acids is 2. The second-order valence-electron chi connectivity index (χ2n) is 7.02. The molecular formula is C24H26N2O3. The van der Waals surface area contributed by atoms with Gasteiger partial charge in [0.2, 0.25) is 0 Å². The monoisotopic (exact) mass is 390 g/mol. The van der Waals surface area contributed by atoms with Crippen LogP contribution in [0.15, 0.2) is 72.4 Å². The summed E-state index contributed by atoms with van der Waals surface area (Å²) in [5.41, 5.74) is 2.77. The van der Waals surface area contributed by atoms with E-state index in [1.54, 1.807) is 24.3 Å². The molecule has 0 bridgehead atoms. The molecule has 29 heavy (non-hydrogen) atoms. The first-order chi connectivity index (χ1) is 14.1. The Balaban J connectivity index is 1.71. The fraction of sp³-hybridized carbons (Fsp3) is 0.250. The van der Waals surface area contributed by atoms with Gasteiger partial charge in [-0.3, -0.25) is 9.59 Å². The molecule has 5 heteroatoms. The van der Waals surface area contributed by atoms with Crippen LogP contribution < -0.4 is 10.6 Å². The fourth-order valence-electron chi connectivity index (χ4n) is 3.00. The summed E-state index contributed by atoms with van der Waals surface area (Å²) in [7, 11) is 0. The van der Waals surface area contributed by atoms with Crippen molar-refractivity contribution in [1.82, 2.24) is 10.6 Å². The zero-order valence-corrected chi connectivity index (χ0v) is 16.6. The normalized spacial score (nSPS) is 16.7. The van der Waals surface area contributed by atoms with E-state index in [1.165, 1.54) is 0 Å². The lowest BCUT2D eigenvalue weighted by molar-refractivity contribution is -0.118. The molecule has 0 saturated carbocycles. The van der Waals surface area contributed by atoms with Crippen LogP contribution in [0.3, 0.4) is 0 Å². The average Bonchev–Trinajstić information content (AvgIpc) is 3.26. The molecule has 1 aliphatic rings. The van der Waals surface area contributed by atoms with Crippen LogP contribution in [0.2, 0.25) is 0 Å². The number of amides is 2. The predicted molar refractivity (Wildman–Crippen MR) is 114 cm³/mol. The van der Waals surface area contributed by atoms with Gasteiger partial charge < -0.3 is 15.4 Å². The Bertz CT molecular complexity index is 880. The molecule has 150 valence electrons. The number of rotatable bonds is 7. The SMILES string of the molecule is Cc1ccc(C(=O)N/C(=C\C=C\c2ccccc2)C(=O)NC[C@H]2CCCO2)cc1. The number of nitrogens with one attached hydrogen (secondary N) is 2. The summed E-state index contributed by atoms with van der Waals surface area (Å²) in [6.07, 6.45) is 7.23. The van der Waals surface area contributed by atoms with Crippen molar-refractivity contribution in [2.24, 2.45) is 0 Å². The summed E-state index contributed by atoms with van der Waals surface area (Å²) in [6.45, 7) is 3.12. The maximum absolute atomic E-state index is 12.7. The van der Waals surface area contributed by atoms with Gasteiger partial charge in [0.05, 0.1) is 6.10 Å². The summed E-state index contributed by atoms with van der Waals surface area (Å²) in [5, 5.41) is 5.59. The maximum Gasteiger partial charge on any atom is 0.267 e. The lowest BCUT2D eigenvalue weighted by Crippen LogP contribution is -2.38. The van der Waals surface area contributed by atoms with Gasteiger partial charge in [0, 0.05) is 18.7 Å². The van der Waals surface area contributed by atoms with E-state index in [4.69, 9.17) is 4.74 Å². The highest BCUT2D eigenvalue weighted by Crippen LogP contribution is 2.11. The van der Waals surface area contributed by atoms with E-state index < -0.39 is 0 Å². The zero-order chi connectivity index (χ0) is 20.5. The number of benzene rings is 2. The molecule has 1 aliphatic heterocycles. The molecular weight excluding hydrogens is 364 g/mol. The van der Waals surface area contributed by atoms with Gasteiger partial charge in [0.1, 0.15) is 5.70 Å². The Morgan fingerprint density at radius 2 is 1.86 bits per heavy atom. The van der Waals surface area contributed by atoms with Crippen molar-refractivity contribution >= 4 is 17.9 Å². The number of allylic oxidation sites excluding steroid dienone is 2. The molecule has 5 nitrogen and oxygen atoms in total. The number of hydrogen-bond donors (Lipinski definition) is 2. The highest BCUT2D eigenvalue weighted by atomic mass is 16.5. The fourth-order valence-corrected chi connectivity index (χ4v) is 3.00. The van der Waals surface area contributed by atoms with Crippen molar-refractivity contribution in [2.45, 2.75) is 25.9 Å². The van der Waals surface area contributed by atoms with Crippen LogP contribution >= 0.6 is 0 Å². The number of carbonyl (C=O) groups is 2. The molecule has 1 atom stereocenters. The van der Waals surface area contributed by atoms with Crippen molar-refractivity contribution in [3.63, 3.8) is 0 Å². The number of ether oxygens (including phenoxy) is 1. The van der Waals surface area contributed by atoms with Gasteiger partial charge in [0.15, 0.2) is 0 Å². The second kappa shape index (κ2) is 10.4. The summed E-state index contributed by atoms with van der Waals surface area (Å²) < 4.78 is 5.55. The molecule has 2 aromatic rings. The molecule has 2 N–H and O–H groups in total. The van der Waals surface area contributed by atoms with Crippen LogP contribution in [-0.4, -0.2) is 31.1 Å². The molecule has 0 radical (unpaired) electrons. The van der Waals surface area contributed by atoms with Gasteiger partial charge in [-0.15, -0.1) is 0 Å². The van der Waals surface area contributed by atoms with Crippen LogP contribution in [0.25, 0.3) is 6.08 Å². The summed E-state index contributed by atoms with van der Waals surface area (Å²) >= 11 is 0. The first-order valence-corrected chi connectivity index (χ1v) is 9.83.